The molecule has 0 unspecified atom stereocenters. The highest BCUT2D eigenvalue weighted by Crippen LogP contribution is 2.34. The van der Waals surface area contributed by atoms with Gasteiger partial charge in [0.05, 0.1) is 11.6 Å². The summed E-state index contributed by atoms with van der Waals surface area (Å²) in [7, 11) is 0. The summed E-state index contributed by atoms with van der Waals surface area (Å²) in [6.07, 6.45) is 5.46. The van der Waals surface area contributed by atoms with Crippen LogP contribution in [0, 0.1) is 0 Å². The lowest BCUT2D eigenvalue weighted by Gasteiger charge is -2.35. The van der Waals surface area contributed by atoms with E-state index in [1.807, 2.05) is 87.1 Å². The quantitative estimate of drug-likeness (QED) is 0.446. The monoisotopic (exact) mass is 480 g/mol. The topological polar surface area (TPSA) is 74.1 Å². The molecule has 36 heavy (non-hydrogen) atoms. The number of anilines is 1. The summed E-state index contributed by atoms with van der Waals surface area (Å²) in [6.45, 7) is 3.35. The molecule has 182 valence electrons. The van der Waals surface area contributed by atoms with E-state index < -0.39 is 0 Å². The third kappa shape index (κ3) is 3.98. The summed E-state index contributed by atoms with van der Waals surface area (Å²) in [5, 5.41) is 0. The van der Waals surface area contributed by atoms with Crippen LogP contribution in [-0.4, -0.2) is 68.7 Å². The fourth-order valence-electron chi connectivity index (χ4n) is 5.31. The largest absolute Gasteiger partial charge is 0.353 e. The molecular weight excluding hydrogens is 452 g/mol. The van der Waals surface area contributed by atoms with Crippen molar-refractivity contribution < 1.29 is 9.59 Å². The number of hydrogen-bond acceptors (Lipinski definition) is 5. The first-order valence-electron chi connectivity index (χ1n) is 12.5. The van der Waals surface area contributed by atoms with Gasteiger partial charge in [0.2, 0.25) is 0 Å². The normalized spacial score (nSPS) is 18.1. The number of likely N-dealkylation sites (tertiary alicyclic amines) is 1. The highest BCUT2D eigenvalue weighted by atomic mass is 16.2. The van der Waals surface area contributed by atoms with Crippen molar-refractivity contribution in [3.63, 3.8) is 0 Å². The predicted octanol–water partition coefficient (Wildman–Crippen LogP) is 3.67. The molecule has 0 N–H and O–H groups in total. The zero-order valence-electron chi connectivity index (χ0n) is 20.0. The van der Waals surface area contributed by atoms with Gasteiger partial charge in [-0.15, -0.1) is 0 Å². The number of benzene rings is 1. The number of imidazole rings is 1. The molecule has 1 aromatic carbocycles. The number of carbonyl (C=O) groups is 2. The van der Waals surface area contributed by atoms with Gasteiger partial charge >= 0.3 is 0 Å². The van der Waals surface area contributed by atoms with Crippen molar-refractivity contribution in [2.45, 2.75) is 18.9 Å². The molecule has 3 aromatic heterocycles. The molecule has 0 aliphatic carbocycles. The van der Waals surface area contributed by atoms with Gasteiger partial charge in [-0.1, -0.05) is 30.3 Å². The molecule has 6 rings (SSSR count). The van der Waals surface area contributed by atoms with Gasteiger partial charge in [-0.2, -0.15) is 0 Å². The lowest BCUT2D eigenvalue weighted by atomic mass is 10.1. The van der Waals surface area contributed by atoms with Crippen LogP contribution in [0.25, 0.3) is 5.52 Å². The average Bonchev–Trinajstić information content (AvgIpc) is 3.58. The lowest BCUT2D eigenvalue weighted by Crippen LogP contribution is -2.49. The van der Waals surface area contributed by atoms with Crippen molar-refractivity contribution in [2.24, 2.45) is 0 Å². The molecule has 2 amide bonds. The van der Waals surface area contributed by atoms with Crippen molar-refractivity contribution in [1.29, 1.82) is 0 Å². The molecule has 8 nitrogen and oxygen atoms in total. The van der Waals surface area contributed by atoms with Crippen LogP contribution < -0.4 is 4.90 Å². The second kappa shape index (κ2) is 9.45. The minimum absolute atomic E-state index is 0.00398. The molecule has 2 aliphatic rings. The Morgan fingerprint density at radius 1 is 0.806 bits per heavy atom. The van der Waals surface area contributed by atoms with Crippen LogP contribution in [-0.2, 0) is 0 Å². The summed E-state index contributed by atoms with van der Waals surface area (Å²) < 4.78 is 1.98. The van der Waals surface area contributed by atoms with Crippen molar-refractivity contribution in [3.05, 3.63) is 96.2 Å². The predicted molar refractivity (Wildman–Crippen MR) is 137 cm³/mol. The van der Waals surface area contributed by atoms with E-state index in [1.54, 1.807) is 6.20 Å². The first-order valence-corrected chi connectivity index (χ1v) is 12.5. The summed E-state index contributed by atoms with van der Waals surface area (Å²) in [4.78, 5) is 42.3. The fraction of sp³-hybridized carbons (Fsp3) is 0.286. The Hall–Kier alpha value is -4.20. The first kappa shape index (κ1) is 22.3. The molecule has 1 atom stereocenters. The van der Waals surface area contributed by atoms with E-state index in [9.17, 15) is 9.59 Å². The maximum absolute atomic E-state index is 13.7. The zero-order chi connectivity index (χ0) is 24.5. The molecule has 0 spiro atoms. The van der Waals surface area contributed by atoms with Crippen LogP contribution in [0.3, 0.4) is 0 Å². The van der Waals surface area contributed by atoms with Gasteiger partial charge in [0.15, 0.2) is 5.69 Å². The first-order chi connectivity index (χ1) is 17.7. The van der Waals surface area contributed by atoms with Gasteiger partial charge in [-0.25, -0.2) is 9.97 Å². The third-order valence-electron chi connectivity index (χ3n) is 7.15. The van der Waals surface area contributed by atoms with Crippen molar-refractivity contribution in [2.75, 3.05) is 37.6 Å². The van der Waals surface area contributed by atoms with Gasteiger partial charge in [0.25, 0.3) is 11.8 Å². The second-order valence-corrected chi connectivity index (χ2v) is 9.26. The maximum atomic E-state index is 13.7. The lowest BCUT2D eigenvalue weighted by molar-refractivity contribution is 0.0729. The highest BCUT2D eigenvalue weighted by Gasteiger charge is 2.35. The number of carbonyl (C=O) groups excluding carboxylic acids is 2. The number of nitrogens with zero attached hydrogens (tertiary/aromatic N) is 6. The molecule has 2 aliphatic heterocycles. The van der Waals surface area contributed by atoms with E-state index in [0.717, 1.165) is 43.1 Å². The van der Waals surface area contributed by atoms with Gasteiger partial charge < -0.3 is 19.1 Å². The summed E-state index contributed by atoms with van der Waals surface area (Å²) in [6, 6.07) is 20.9. The molecule has 8 heteroatoms. The molecule has 4 aromatic rings. The van der Waals surface area contributed by atoms with Crippen LogP contribution >= 0.6 is 0 Å². The Kier molecular flexibility index (Phi) is 5.85. The summed E-state index contributed by atoms with van der Waals surface area (Å²) in [5.41, 5.74) is 1.91. The number of fused-ring (bicyclic) bond motifs is 1. The number of rotatable bonds is 4. The van der Waals surface area contributed by atoms with Gasteiger partial charge in [-0.05, 0) is 49.2 Å². The van der Waals surface area contributed by atoms with E-state index >= 15 is 0 Å². The Bertz CT molecular complexity index is 1380. The smallest absolute Gasteiger partial charge is 0.274 e. The Labute approximate surface area is 209 Å². The van der Waals surface area contributed by atoms with Gasteiger partial charge in [0, 0.05) is 50.7 Å². The zero-order valence-corrected chi connectivity index (χ0v) is 20.0. The van der Waals surface area contributed by atoms with E-state index in [4.69, 9.17) is 4.98 Å². The van der Waals surface area contributed by atoms with E-state index in [-0.39, 0.29) is 17.9 Å². The van der Waals surface area contributed by atoms with Crippen LogP contribution in [0.5, 0.6) is 0 Å². The SMILES string of the molecule is O=C(c1nc([C@H]2CCCN2C(=O)c2ccccc2)n2ccccc12)N1CCN(c2ccccn2)CC1. The van der Waals surface area contributed by atoms with Crippen LogP contribution in [0.2, 0.25) is 0 Å². The second-order valence-electron chi connectivity index (χ2n) is 9.26. The molecular formula is C28H28N6O2. The molecule has 2 fully saturated rings. The van der Waals surface area contributed by atoms with Crippen LogP contribution in [0.15, 0.2) is 79.1 Å². The minimum Gasteiger partial charge on any atom is -0.353 e. The van der Waals surface area contributed by atoms with Crippen LogP contribution in [0.1, 0.15) is 45.6 Å². The van der Waals surface area contributed by atoms with Crippen molar-refractivity contribution >= 4 is 23.1 Å². The van der Waals surface area contributed by atoms with Crippen molar-refractivity contribution in [3.8, 4) is 0 Å². The number of amides is 2. The van der Waals surface area contributed by atoms with E-state index in [0.29, 0.717) is 30.9 Å². The van der Waals surface area contributed by atoms with Crippen LogP contribution in [0.4, 0.5) is 5.82 Å². The fourth-order valence-corrected chi connectivity index (χ4v) is 5.31. The summed E-state index contributed by atoms with van der Waals surface area (Å²) >= 11 is 0. The molecule has 2 saturated heterocycles. The average molecular weight is 481 g/mol. The number of hydrogen-bond donors (Lipinski definition) is 0. The highest BCUT2D eigenvalue weighted by molar-refractivity contribution is 5.99. The Balaban J connectivity index is 1.27. The van der Waals surface area contributed by atoms with Gasteiger partial charge in [0.1, 0.15) is 11.6 Å². The molecule has 0 radical (unpaired) electrons. The number of piperazine rings is 1. The Morgan fingerprint density at radius 2 is 1.58 bits per heavy atom. The Morgan fingerprint density at radius 3 is 2.36 bits per heavy atom. The summed E-state index contributed by atoms with van der Waals surface area (Å²) in [5.74, 6) is 1.63. The standard InChI is InChI=1S/C28H28N6O2/c35-27(21-9-2-1-3-10-21)34-16-8-12-23(34)26-30-25(22-11-5-7-15-33(22)26)28(36)32-19-17-31(18-20-32)24-13-4-6-14-29-24/h1-7,9-11,13-15,23H,8,12,16-20H2/t23-/m1/s1. The minimum atomic E-state index is -0.171. The molecule has 0 saturated carbocycles. The molecule has 5 heterocycles. The number of aromatic nitrogens is 3. The van der Waals surface area contributed by atoms with E-state index in [2.05, 4.69) is 9.88 Å². The van der Waals surface area contributed by atoms with Crippen molar-refractivity contribution in [1.82, 2.24) is 24.2 Å². The van der Waals surface area contributed by atoms with E-state index in [1.165, 1.54) is 0 Å². The maximum Gasteiger partial charge on any atom is 0.274 e. The molecule has 0 bridgehead atoms. The third-order valence-corrected chi connectivity index (χ3v) is 7.15. The van der Waals surface area contributed by atoms with Gasteiger partial charge in [-0.3, -0.25) is 9.59 Å². The number of pyridine rings is 2.